The Labute approximate surface area is 140 Å². The van der Waals surface area contributed by atoms with E-state index in [4.69, 9.17) is 20.9 Å². The third-order valence-corrected chi connectivity index (χ3v) is 3.04. The van der Waals surface area contributed by atoms with Crippen molar-refractivity contribution in [3.63, 3.8) is 0 Å². The minimum atomic E-state index is -1.03. The molecule has 0 saturated heterocycles. The van der Waals surface area contributed by atoms with E-state index in [1.165, 1.54) is 0 Å². The molecule has 2 unspecified atom stereocenters. The SMILES string of the molecule is CC(C)(C)OC(=O)C(N)C(CCCCCN)C(=O)OC(C)(C)C. The van der Waals surface area contributed by atoms with Crippen LogP contribution in [0.1, 0.15) is 67.2 Å². The second-order valence-corrected chi connectivity index (χ2v) is 7.84. The molecule has 0 fully saturated rings. The van der Waals surface area contributed by atoms with E-state index in [1.807, 2.05) is 0 Å². The molecule has 0 aromatic rings. The van der Waals surface area contributed by atoms with Crippen molar-refractivity contribution in [1.82, 2.24) is 0 Å². The Balaban J connectivity index is 4.94. The smallest absolute Gasteiger partial charge is 0.324 e. The first kappa shape index (κ1) is 21.9. The zero-order valence-corrected chi connectivity index (χ0v) is 15.5. The summed E-state index contributed by atoms with van der Waals surface area (Å²) >= 11 is 0. The monoisotopic (exact) mass is 330 g/mol. The number of carbonyl (C=O) groups is 2. The normalized spacial score (nSPS) is 15.0. The van der Waals surface area contributed by atoms with Gasteiger partial charge in [0.25, 0.3) is 0 Å². The van der Waals surface area contributed by atoms with Crippen molar-refractivity contribution in [2.45, 2.75) is 84.5 Å². The van der Waals surface area contributed by atoms with Gasteiger partial charge in [0.2, 0.25) is 0 Å². The topological polar surface area (TPSA) is 105 Å². The van der Waals surface area contributed by atoms with Crippen molar-refractivity contribution >= 4 is 11.9 Å². The lowest BCUT2D eigenvalue weighted by molar-refractivity contribution is -0.169. The maximum atomic E-state index is 12.4. The standard InChI is InChI=1S/C17H34N2O4/c1-16(2,3)22-14(20)12(10-8-7-9-11-18)13(19)15(21)23-17(4,5)6/h12-13H,7-11,18-19H2,1-6H3. The first-order valence-corrected chi connectivity index (χ1v) is 8.29. The summed E-state index contributed by atoms with van der Waals surface area (Å²) in [6, 6.07) is -1.03. The highest BCUT2D eigenvalue weighted by molar-refractivity contribution is 5.84. The van der Waals surface area contributed by atoms with Crippen LogP contribution in [-0.4, -0.2) is 35.7 Å². The average Bonchev–Trinajstić information content (AvgIpc) is 2.33. The summed E-state index contributed by atoms with van der Waals surface area (Å²) in [6.07, 6.45) is 3.01. The molecule has 0 heterocycles. The zero-order chi connectivity index (χ0) is 18.3. The summed E-state index contributed by atoms with van der Waals surface area (Å²) in [4.78, 5) is 24.6. The fraction of sp³-hybridized carbons (Fsp3) is 0.882. The molecule has 0 aliphatic carbocycles. The molecular weight excluding hydrogens is 296 g/mol. The van der Waals surface area contributed by atoms with Gasteiger partial charge < -0.3 is 20.9 Å². The highest BCUT2D eigenvalue weighted by Crippen LogP contribution is 2.21. The molecule has 0 aromatic heterocycles. The van der Waals surface area contributed by atoms with Crippen LogP contribution in [0.3, 0.4) is 0 Å². The maximum Gasteiger partial charge on any atom is 0.324 e. The quantitative estimate of drug-likeness (QED) is 0.522. The van der Waals surface area contributed by atoms with E-state index in [1.54, 1.807) is 41.5 Å². The van der Waals surface area contributed by atoms with Gasteiger partial charge in [0.05, 0.1) is 5.92 Å². The van der Waals surface area contributed by atoms with E-state index in [0.717, 1.165) is 19.3 Å². The van der Waals surface area contributed by atoms with Gasteiger partial charge in [-0.2, -0.15) is 0 Å². The van der Waals surface area contributed by atoms with E-state index in [9.17, 15) is 9.59 Å². The predicted octanol–water partition coefficient (Wildman–Crippen LogP) is 2.13. The van der Waals surface area contributed by atoms with Crippen molar-refractivity contribution in [2.75, 3.05) is 6.54 Å². The second kappa shape index (κ2) is 9.23. The minimum Gasteiger partial charge on any atom is -0.460 e. The number of hydrogen-bond acceptors (Lipinski definition) is 6. The summed E-state index contributed by atoms with van der Waals surface area (Å²) in [6.45, 7) is 11.3. The Morgan fingerprint density at radius 2 is 1.35 bits per heavy atom. The van der Waals surface area contributed by atoms with Crippen LogP contribution >= 0.6 is 0 Å². The van der Waals surface area contributed by atoms with E-state index in [-0.39, 0.29) is 0 Å². The highest BCUT2D eigenvalue weighted by atomic mass is 16.6. The molecule has 0 aliphatic rings. The summed E-state index contributed by atoms with van der Waals surface area (Å²) in [5.74, 6) is -1.74. The van der Waals surface area contributed by atoms with E-state index in [0.29, 0.717) is 13.0 Å². The van der Waals surface area contributed by atoms with Gasteiger partial charge in [-0.15, -0.1) is 0 Å². The van der Waals surface area contributed by atoms with E-state index in [2.05, 4.69) is 0 Å². The van der Waals surface area contributed by atoms with Crippen molar-refractivity contribution < 1.29 is 19.1 Å². The number of nitrogens with two attached hydrogens (primary N) is 2. The number of hydrogen-bond donors (Lipinski definition) is 2. The summed E-state index contributed by atoms with van der Waals surface area (Å²) < 4.78 is 10.7. The lowest BCUT2D eigenvalue weighted by Crippen LogP contribution is -2.47. The van der Waals surface area contributed by atoms with Crippen LogP contribution in [-0.2, 0) is 19.1 Å². The fourth-order valence-corrected chi connectivity index (χ4v) is 2.04. The molecule has 0 aromatic carbocycles. The molecule has 2 atom stereocenters. The fourth-order valence-electron chi connectivity index (χ4n) is 2.04. The van der Waals surface area contributed by atoms with Crippen LogP contribution in [0.2, 0.25) is 0 Å². The summed E-state index contributed by atoms with van der Waals surface area (Å²) in [5.41, 5.74) is 10.2. The molecule has 0 rings (SSSR count). The Bertz CT molecular complexity index is 383. The van der Waals surface area contributed by atoms with E-state index < -0.39 is 35.1 Å². The number of esters is 2. The Morgan fingerprint density at radius 1 is 0.870 bits per heavy atom. The van der Waals surface area contributed by atoms with Gasteiger partial charge >= 0.3 is 11.9 Å². The van der Waals surface area contributed by atoms with Crippen LogP contribution in [0.15, 0.2) is 0 Å². The van der Waals surface area contributed by atoms with E-state index >= 15 is 0 Å². The van der Waals surface area contributed by atoms with Gasteiger partial charge in [-0.1, -0.05) is 12.8 Å². The Kier molecular flexibility index (Phi) is 8.77. The molecule has 6 heteroatoms. The molecule has 136 valence electrons. The largest absolute Gasteiger partial charge is 0.460 e. The van der Waals surface area contributed by atoms with Gasteiger partial charge in [-0.05, 0) is 60.9 Å². The highest BCUT2D eigenvalue weighted by Gasteiger charge is 2.36. The van der Waals surface area contributed by atoms with Crippen molar-refractivity contribution in [1.29, 1.82) is 0 Å². The van der Waals surface area contributed by atoms with Crippen LogP contribution in [0.5, 0.6) is 0 Å². The van der Waals surface area contributed by atoms with Gasteiger partial charge in [0.1, 0.15) is 17.2 Å². The first-order valence-electron chi connectivity index (χ1n) is 8.29. The molecule has 0 spiro atoms. The van der Waals surface area contributed by atoms with Crippen LogP contribution < -0.4 is 11.5 Å². The van der Waals surface area contributed by atoms with Crippen molar-refractivity contribution in [3.8, 4) is 0 Å². The molecule has 0 amide bonds. The summed E-state index contributed by atoms with van der Waals surface area (Å²) in [7, 11) is 0. The molecule has 0 aliphatic heterocycles. The molecule has 0 bridgehead atoms. The zero-order valence-electron chi connectivity index (χ0n) is 15.5. The van der Waals surface area contributed by atoms with Gasteiger partial charge in [0, 0.05) is 0 Å². The molecule has 0 radical (unpaired) electrons. The second-order valence-electron chi connectivity index (χ2n) is 7.84. The molecule has 0 saturated carbocycles. The summed E-state index contributed by atoms with van der Waals surface area (Å²) in [5, 5.41) is 0. The number of rotatable bonds is 8. The first-order chi connectivity index (χ1) is 10.4. The Hall–Kier alpha value is -1.14. The lowest BCUT2D eigenvalue weighted by atomic mass is 9.93. The van der Waals surface area contributed by atoms with Crippen LogP contribution in [0.25, 0.3) is 0 Å². The van der Waals surface area contributed by atoms with Gasteiger partial charge in [0.15, 0.2) is 0 Å². The molecule has 4 N–H and O–H groups in total. The number of unbranched alkanes of at least 4 members (excludes halogenated alkanes) is 2. The Morgan fingerprint density at radius 3 is 1.78 bits per heavy atom. The van der Waals surface area contributed by atoms with Crippen molar-refractivity contribution in [2.24, 2.45) is 17.4 Å². The van der Waals surface area contributed by atoms with Crippen molar-refractivity contribution in [3.05, 3.63) is 0 Å². The van der Waals surface area contributed by atoms with Crippen LogP contribution in [0, 0.1) is 5.92 Å². The predicted molar refractivity (Wildman–Crippen MR) is 90.7 cm³/mol. The molecular formula is C17H34N2O4. The third kappa shape index (κ3) is 10.3. The van der Waals surface area contributed by atoms with Crippen LogP contribution in [0.4, 0.5) is 0 Å². The van der Waals surface area contributed by atoms with Gasteiger partial charge in [-0.3, -0.25) is 9.59 Å². The lowest BCUT2D eigenvalue weighted by Gasteiger charge is -2.28. The molecule has 23 heavy (non-hydrogen) atoms. The third-order valence-electron chi connectivity index (χ3n) is 3.04. The minimum absolute atomic E-state index is 0.455. The molecule has 6 nitrogen and oxygen atoms in total. The maximum absolute atomic E-state index is 12.4. The number of carbonyl (C=O) groups excluding carboxylic acids is 2. The average molecular weight is 330 g/mol. The van der Waals surface area contributed by atoms with Gasteiger partial charge in [-0.25, -0.2) is 0 Å². The number of ether oxygens (including phenoxy) is 2.